The Balaban J connectivity index is 2.68. The Labute approximate surface area is 166 Å². The molecule has 2 aromatic rings. The van der Waals surface area contributed by atoms with Gasteiger partial charge in [0.1, 0.15) is 5.75 Å². The van der Waals surface area contributed by atoms with E-state index in [1.807, 2.05) is 0 Å². The summed E-state index contributed by atoms with van der Waals surface area (Å²) in [4.78, 5) is 5.23. The summed E-state index contributed by atoms with van der Waals surface area (Å²) in [7, 11) is 0. The van der Waals surface area contributed by atoms with E-state index in [0.29, 0.717) is 0 Å². The lowest BCUT2D eigenvalue weighted by Gasteiger charge is -2.32. The van der Waals surface area contributed by atoms with Gasteiger partial charge in [0.2, 0.25) is 0 Å². The van der Waals surface area contributed by atoms with Crippen LogP contribution in [0.25, 0.3) is 10.9 Å². The minimum atomic E-state index is -0.0467. The van der Waals surface area contributed by atoms with Gasteiger partial charge < -0.3 is 4.74 Å². The molecule has 1 aromatic carbocycles. The highest BCUT2D eigenvalue weighted by molar-refractivity contribution is 5.84. The molecule has 0 amide bonds. The van der Waals surface area contributed by atoms with Crippen LogP contribution >= 0.6 is 0 Å². The van der Waals surface area contributed by atoms with Gasteiger partial charge in [0.15, 0.2) is 0 Å². The van der Waals surface area contributed by atoms with Gasteiger partial charge in [-0.2, -0.15) is 0 Å². The number of pyridine rings is 1. The van der Waals surface area contributed by atoms with Crippen LogP contribution in [0.4, 0.5) is 0 Å². The van der Waals surface area contributed by atoms with Crippen LogP contribution < -0.4 is 4.74 Å². The molecule has 1 heterocycles. The molecule has 0 saturated heterocycles. The lowest BCUT2D eigenvalue weighted by Crippen LogP contribution is -2.23. The number of ether oxygens (including phenoxy) is 1. The van der Waals surface area contributed by atoms with E-state index in [9.17, 15) is 0 Å². The highest BCUT2D eigenvalue weighted by Gasteiger charge is 2.29. The highest BCUT2D eigenvalue weighted by Crippen LogP contribution is 2.40. The lowest BCUT2D eigenvalue weighted by atomic mass is 9.74. The standard InChI is InChI=1S/C25H39NO/c1-8-11-16-25(7,15-9-2)20-14-12-13-19-18-21(27-17-10-3)23(24(4,5)6)26-22(19)20/h12-14,18H,8-11,15-17H2,1-7H3. The zero-order valence-corrected chi connectivity index (χ0v) is 18.6. The van der Waals surface area contributed by atoms with Crippen molar-refractivity contribution in [2.24, 2.45) is 0 Å². The van der Waals surface area contributed by atoms with Gasteiger partial charge in [-0.1, -0.05) is 85.9 Å². The summed E-state index contributed by atoms with van der Waals surface area (Å²) in [6.07, 6.45) is 7.12. The average molecular weight is 370 g/mol. The summed E-state index contributed by atoms with van der Waals surface area (Å²) in [5.41, 5.74) is 3.78. The Hall–Kier alpha value is -1.57. The molecule has 0 fully saturated rings. The minimum Gasteiger partial charge on any atom is -0.492 e. The fourth-order valence-corrected chi connectivity index (χ4v) is 4.04. The predicted octanol–water partition coefficient (Wildman–Crippen LogP) is 7.57. The molecule has 0 radical (unpaired) electrons. The van der Waals surface area contributed by atoms with Crippen LogP contribution in [0.1, 0.15) is 98.2 Å². The van der Waals surface area contributed by atoms with E-state index in [-0.39, 0.29) is 10.8 Å². The Kier molecular flexibility index (Phi) is 7.31. The Morgan fingerprint density at radius 1 is 0.926 bits per heavy atom. The number of para-hydroxylation sites is 1. The Morgan fingerprint density at radius 2 is 1.67 bits per heavy atom. The molecule has 1 unspecified atom stereocenters. The molecule has 0 aliphatic heterocycles. The molecule has 150 valence electrons. The molecule has 0 saturated carbocycles. The molecule has 0 aliphatic carbocycles. The molecule has 0 N–H and O–H groups in total. The van der Waals surface area contributed by atoms with Gasteiger partial charge in [0.05, 0.1) is 17.8 Å². The molecular weight excluding hydrogens is 330 g/mol. The van der Waals surface area contributed by atoms with Crippen molar-refractivity contribution in [3.05, 3.63) is 35.5 Å². The number of hydrogen-bond acceptors (Lipinski definition) is 2. The summed E-state index contributed by atoms with van der Waals surface area (Å²) in [6.45, 7) is 16.6. The molecule has 0 bridgehead atoms. The van der Waals surface area contributed by atoms with Crippen LogP contribution in [0.3, 0.4) is 0 Å². The normalized spacial score (nSPS) is 14.3. The van der Waals surface area contributed by atoms with Gasteiger partial charge in [0.25, 0.3) is 0 Å². The van der Waals surface area contributed by atoms with E-state index in [2.05, 4.69) is 72.7 Å². The molecule has 1 atom stereocenters. The zero-order valence-electron chi connectivity index (χ0n) is 18.6. The molecule has 0 spiro atoms. The largest absolute Gasteiger partial charge is 0.492 e. The highest BCUT2D eigenvalue weighted by atomic mass is 16.5. The van der Waals surface area contributed by atoms with E-state index >= 15 is 0 Å². The van der Waals surface area contributed by atoms with Crippen molar-refractivity contribution in [2.75, 3.05) is 6.61 Å². The molecule has 0 aliphatic rings. The maximum Gasteiger partial charge on any atom is 0.141 e. The zero-order chi connectivity index (χ0) is 20.1. The quantitative estimate of drug-likeness (QED) is 0.454. The smallest absolute Gasteiger partial charge is 0.141 e. The molecule has 2 nitrogen and oxygen atoms in total. The van der Waals surface area contributed by atoms with Crippen LogP contribution in [0.15, 0.2) is 24.3 Å². The summed E-state index contributed by atoms with van der Waals surface area (Å²) in [6, 6.07) is 8.90. The second kappa shape index (κ2) is 9.08. The van der Waals surface area contributed by atoms with E-state index in [4.69, 9.17) is 9.72 Å². The van der Waals surface area contributed by atoms with Crippen LogP contribution in [-0.2, 0) is 10.8 Å². The van der Waals surface area contributed by atoms with Gasteiger partial charge in [-0.05, 0) is 36.3 Å². The SMILES string of the molecule is CCCCC(C)(CCC)c1cccc2cc(OCCC)c(C(C)(C)C)nc12. The second-order valence-electron chi connectivity index (χ2n) is 9.23. The topological polar surface area (TPSA) is 22.1 Å². The first-order valence-electron chi connectivity index (χ1n) is 10.8. The number of benzene rings is 1. The van der Waals surface area contributed by atoms with Crippen molar-refractivity contribution in [1.82, 2.24) is 4.98 Å². The van der Waals surface area contributed by atoms with Crippen molar-refractivity contribution in [1.29, 1.82) is 0 Å². The first-order chi connectivity index (χ1) is 12.8. The third-order valence-corrected chi connectivity index (χ3v) is 5.52. The third kappa shape index (κ3) is 5.03. The number of fused-ring (bicyclic) bond motifs is 1. The molecule has 1 aromatic heterocycles. The Bertz CT molecular complexity index is 744. The van der Waals surface area contributed by atoms with E-state index < -0.39 is 0 Å². The average Bonchev–Trinajstić information content (AvgIpc) is 2.62. The summed E-state index contributed by atoms with van der Waals surface area (Å²) < 4.78 is 6.10. The number of nitrogens with zero attached hydrogens (tertiary/aromatic N) is 1. The fourth-order valence-electron chi connectivity index (χ4n) is 4.04. The van der Waals surface area contributed by atoms with Gasteiger partial charge in [-0.15, -0.1) is 0 Å². The van der Waals surface area contributed by atoms with Crippen molar-refractivity contribution in [3.63, 3.8) is 0 Å². The molecule has 27 heavy (non-hydrogen) atoms. The third-order valence-electron chi connectivity index (χ3n) is 5.52. The maximum absolute atomic E-state index is 6.10. The predicted molar refractivity (Wildman–Crippen MR) is 118 cm³/mol. The van der Waals surface area contributed by atoms with Crippen LogP contribution in [0.5, 0.6) is 5.75 Å². The first-order valence-corrected chi connectivity index (χ1v) is 10.8. The molecule has 2 heteroatoms. The molecule has 2 rings (SSSR count). The van der Waals surface area contributed by atoms with Crippen molar-refractivity contribution < 1.29 is 4.74 Å². The van der Waals surface area contributed by atoms with Gasteiger partial charge in [0, 0.05) is 10.8 Å². The molecular formula is C25H39NO. The number of aromatic nitrogens is 1. The van der Waals surface area contributed by atoms with Crippen molar-refractivity contribution in [3.8, 4) is 5.75 Å². The second-order valence-corrected chi connectivity index (χ2v) is 9.23. The number of rotatable bonds is 9. The summed E-state index contributed by atoms with van der Waals surface area (Å²) in [5.74, 6) is 0.944. The van der Waals surface area contributed by atoms with Crippen LogP contribution in [0.2, 0.25) is 0 Å². The number of hydrogen-bond donors (Lipinski definition) is 0. The van der Waals surface area contributed by atoms with E-state index in [1.165, 1.54) is 48.6 Å². The van der Waals surface area contributed by atoms with Gasteiger partial charge in [-0.25, -0.2) is 4.98 Å². The van der Waals surface area contributed by atoms with Crippen LogP contribution in [-0.4, -0.2) is 11.6 Å². The van der Waals surface area contributed by atoms with Gasteiger partial charge >= 0.3 is 0 Å². The monoisotopic (exact) mass is 369 g/mol. The summed E-state index contributed by atoms with van der Waals surface area (Å²) in [5, 5.41) is 1.20. The summed E-state index contributed by atoms with van der Waals surface area (Å²) >= 11 is 0. The van der Waals surface area contributed by atoms with Gasteiger partial charge in [-0.3, -0.25) is 0 Å². The Morgan fingerprint density at radius 3 is 2.26 bits per heavy atom. The number of unbranched alkanes of at least 4 members (excludes halogenated alkanes) is 1. The minimum absolute atomic E-state index is 0.0467. The lowest BCUT2D eigenvalue weighted by molar-refractivity contribution is 0.306. The first kappa shape index (κ1) is 21.7. The van der Waals surface area contributed by atoms with Crippen molar-refractivity contribution in [2.45, 2.75) is 97.8 Å². The van der Waals surface area contributed by atoms with E-state index in [1.54, 1.807) is 0 Å². The fraction of sp³-hybridized carbons (Fsp3) is 0.640. The van der Waals surface area contributed by atoms with E-state index in [0.717, 1.165) is 24.5 Å². The van der Waals surface area contributed by atoms with Crippen molar-refractivity contribution >= 4 is 10.9 Å². The maximum atomic E-state index is 6.10. The van der Waals surface area contributed by atoms with Crippen LogP contribution in [0, 0.1) is 0 Å².